The molecule has 1 atom stereocenters. The first-order chi connectivity index (χ1) is 9.51. The van der Waals surface area contributed by atoms with Crippen LogP contribution in [0.4, 0.5) is 0 Å². The SMILES string of the molecule is CC(CCCO)NS(=O)(=O)c1ccc(CNC2CC2)o1. The summed E-state index contributed by atoms with van der Waals surface area (Å²) in [5.74, 6) is 0.625. The molecule has 0 radical (unpaired) electrons. The van der Waals surface area contributed by atoms with Crippen molar-refractivity contribution in [2.75, 3.05) is 6.61 Å². The van der Waals surface area contributed by atoms with E-state index >= 15 is 0 Å². The van der Waals surface area contributed by atoms with Crippen LogP contribution in [0.5, 0.6) is 0 Å². The molecule has 1 saturated carbocycles. The third kappa shape index (κ3) is 4.59. The normalized spacial score (nSPS) is 17.3. The van der Waals surface area contributed by atoms with Crippen molar-refractivity contribution in [2.24, 2.45) is 0 Å². The molecule has 0 bridgehead atoms. The van der Waals surface area contributed by atoms with E-state index in [1.54, 1.807) is 13.0 Å². The number of aliphatic hydroxyl groups is 1. The van der Waals surface area contributed by atoms with Crippen molar-refractivity contribution in [1.29, 1.82) is 0 Å². The van der Waals surface area contributed by atoms with Crippen LogP contribution in [0.2, 0.25) is 0 Å². The smallest absolute Gasteiger partial charge is 0.274 e. The molecular weight excluding hydrogens is 280 g/mol. The number of nitrogens with one attached hydrogen (secondary N) is 2. The summed E-state index contributed by atoms with van der Waals surface area (Å²) in [6, 6.07) is 3.48. The van der Waals surface area contributed by atoms with Crippen molar-refractivity contribution in [3.05, 3.63) is 17.9 Å². The lowest BCUT2D eigenvalue weighted by molar-refractivity contribution is 0.279. The average molecular weight is 302 g/mol. The number of aliphatic hydroxyl groups excluding tert-OH is 1. The topological polar surface area (TPSA) is 91.6 Å². The maximum Gasteiger partial charge on any atom is 0.274 e. The highest BCUT2D eigenvalue weighted by molar-refractivity contribution is 7.89. The van der Waals surface area contributed by atoms with E-state index in [1.807, 2.05) is 0 Å². The zero-order valence-electron chi connectivity index (χ0n) is 11.6. The van der Waals surface area contributed by atoms with E-state index in [-0.39, 0.29) is 17.7 Å². The molecule has 0 spiro atoms. The van der Waals surface area contributed by atoms with Crippen LogP contribution in [-0.4, -0.2) is 32.2 Å². The second-order valence-corrected chi connectivity index (χ2v) is 6.91. The summed E-state index contributed by atoms with van der Waals surface area (Å²) < 4.78 is 32.1. The number of furan rings is 1. The van der Waals surface area contributed by atoms with Gasteiger partial charge in [0.25, 0.3) is 10.0 Å². The van der Waals surface area contributed by atoms with Crippen molar-refractivity contribution in [3.8, 4) is 0 Å². The van der Waals surface area contributed by atoms with Crippen molar-refractivity contribution in [1.82, 2.24) is 10.0 Å². The minimum atomic E-state index is -3.62. The van der Waals surface area contributed by atoms with Gasteiger partial charge in [-0.05, 0) is 44.7 Å². The molecule has 0 amide bonds. The molecule has 1 aliphatic rings. The summed E-state index contributed by atoms with van der Waals surface area (Å²) in [5.41, 5.74) is 0. The molecule has 1 heterocycles. The van der Waals surface area contributed by atoms with Crippen molar-refractivity contribution < 1.29 is 17.9 Å². The Hall–Kier alpha value is -0.890. The molecular formula is C13H22N2O4S. The Morgan fingerprint density at radius 2 is 2.20 bits per heavy atom. The van der Waals surface area contributed by atoms with Gasteiger partial charge in [0.2, 0.25) is 5.09 Å². The maximum atomic E-state index is 12.1. The molecule has 1 aromatic heterocycles. The van der Waals surface area contributed by atoms with Gasteiger partial charge in [-0.1, -0.05) is 0 Å². The van der Waals surface area contributed by atoms with Crippen LogP contribution >= 0.6 is 0 Å². The average Bonchev–Trinajstić information content (AvgIpc) is 3.09. The lowest BCUT2D eigenvalue weighted by atomic mass is 10.2. The van der Waals surface area contributed by atoms with Crippen LogP contribution in [0.15, 0.2) is 21.6 Å². The number of hydrogen-bond donors (Lipinski definition) is 3. The Morgan fingerprint density at radius 3 is 2.85 bits per heavy atom. The fourth-order valence-electron chi connectivity index (χ4n) is 1.91. The minimum absolute atomic E-state index is 0.0547. The highest BCUT2D eigenvalue weighted by atomic mass is 32.2. The molecule has 0 aliphatic heterocycles. The molecule has 1 aromatic rings. The van der Waals surface area contributed by atoms with Gasteiger partial charge in [-0.2, -0.15) is 0 Å². The van der Waals surface area contributed by atoms with Crippen LogP contribution in [0, 0.1) is 0 Å². The lowest BCUT2D eigenvalue weighted by Crippen LogP contribution is -2.32. The Bertz CT molecular complexity index is 522. The van der Waals surface area contributed by atoms with E-state index in [4.69, 9.17) is 9.52 Å². The Labute approximate surface area is 119 Å². The number of rotatable bonds is 9. The Morgan fingerprint density at radius 1 is 1.45 bits per heavy atom. The van der Waals surface area contributed by atoms with E-state index in [2.05, 4.69) is 10.0 Å². The van der Waals surface area contributed by atoms with Crippen LogP contribution in [0.25, 0.3) is 0 Å². The van der Waals surface area contributed by atoms with E-state index in [0.29, 0.717) is 31.2 Å². The van der Waals surface area contributed by atoms with Gasteiger partial charge in [-0.15, -0.1) is 0 Å². The highest BCUT2D eigenvalue weighted by Crippen LogP contribution is 2.20. The van der Waals surface area contributed by atoms with E-state index in [9.17, 15) is 8.42 Å². The van der Waals surface area contributed by atoms with Crippen LogP contribution in [0.1, 0.15) is 38.4 Å². The van der Waals surface area contributed by atoms with E-state index in [1.165, 1.54) is 18.9 Å². The van der Waals surface area contributed by atoms with Gasteiger partial charge in [-0.25, -0.2) is 13.1 Å². The first-order valence-electron chi connectivity index (χ1n) is 6.96. The van der Waals surface area contributed by atoms with E-state index < -0.39 is 10.0 Å². The molecule has 0 saturated heterocycles. The van der Waals surface area contributed by atoms with Crippen molar-refractivity contribution in [3.63, 3.8) is 0 Å². The fourth-order valence-corrected chi connectivity index (χ4v) is 3.14. The van der Waals surface area contributed by atoms with Gasteiger partial charge in [0.05, 0.1) is 6.54 Å². The second-order valence-electron chi connectivity index (χ2n) is 5.26. The predicted octanol–water partition coefficient (Wildman–Crippen LogP) is 0.971. The van der Waals surface area contributed by atoms with Gasteiger partial charge >= 0.3 is 0 Å². The molecule has 6 nitrogen and oxygen atoms in total. The van der Waals surface area contributed by atoms with Crippen molar-refractivity contribution in [2.45, 2.75) is 56.3 Å². The van der Waals surface area contributed by atoms with Gasteiger partial charge in [0, 0.05) is 18.7 Å². The van der Waals surface area contributed by atoms with Gasteiger partial charge in [0.1, 0.15) is 5.76 Å². The van der Waals surface area contributed by atoms with Gasteiger partial charge in [-0.3, -0.25) is 0 Å². The molecule has 3 N–H and O–H groups in total. The highest BCUT2D eigenvalue weighted by Gasteiger charge is 2.23. The quantitative estimate of drug-likeness (QED) is 0.632. The summed E-state index contributed by atoms with van der Waals surface area (Å²) in [7, 11) is -3.62. The molecule has 1 aliphatic carbocycles. The molecule has 2 rings (SSSR count). The summed E-state index contributed by atoms with van der Waals surface area (Å²) in [6.45, 7) is 2.38. The molecule has 1 unspecified atom stereocenters. The third-order valence-electron chi connectivity index (χ3n) is 3.20. The summed E-state index contributed by atoms with van der Waals surface area (Å²) >= 11 is 0. The molecule has 7 heteroatoms. The maximum absolute atomic E-state index is 12.1. The first kappa shape index (κ1) is 15.5. The standard InChI is InChI=1S/C13H22N2O4S/c1-10(3-2-8-16)15-20(17,18)13-7-6-12(19-13)9-14-11-4-5-11/h6-7,10-11,14-16H,2-5,8-9H2,1H3. The second kappa shape index (κ2) is 6.71. The Kier molecular flexibility index (Phi) is 5.20. The van der Waals surface area contributed by atoms with Gasteiger partial charge in [0.15, 0.2) is 0 Å². The largest absolute Gasteiger partial charge is 0.447 e. The summed E-state index contributed by atoms with van der Waals surface area (Å²) in [6.07, 6.45) is 3.51. The first-order valence-corrected chi connectivity index (χ1v) is 8.45. The van der Waals surface area contributed by atoms with E-state index in [0.717, 1.165) is 0 Å². The summed E-state index contributed by atoms with van der Waals surface area (Å²) in [4.78, 5) is 0. The summed E-state index contributed by atoms with van der Waals surface area (Å²) in [5, 5.41) is 12.0. The lowest BCUT2D eigenvalue weighted by Gasteiger charge is -2.11. The molecule has 0 aromatic carbocycles. The monoisotopic (exact) mass is 302 g/mol. The molecule has 20 heavy (non-hydrogen) atoms. The Balaban J connectivity index is 1.90. The van der Waals surface area contributed by atoms with Crippen LogP contribution in [0.3, 0.4) is 0 Å². The zero-order valence-corrected chi connectivity index (χ0v) is 12.4. The minimum Gasteiger partial charge on any atom is -0.447 e. The predicted molar refractivity (Wildman–Crippen MR) is 74.7 cm³/mol. The van der Waals surface area contributed by atoms with Crippen LogP contribution < -0.4 is 10.0 Å². The zero-order chi connectivity index (χ0) is 14.6. The van der Waals surface area contributed by atoms with Crippen molar-refractivity contribution >= 4 is 10.0 Å². The number of sulfonamides is 1. The third-order valence-corrected chi connectivity index (χ3v) is 4.66. The van der Waals surface area contributed by atoms with Gasteiger partial charge < -0.3 is 14.8 Å². The molecule has 1 fully saturated rings. The number of hydrogen-bond acceptors (Lipinski definition) is 5. The van der Waals surface area contributed by atoms with Crippen LogP contribution in [-0.2, 0) is 16.6 Å². The molecule has 114 valence electrons. The fraction of sp³-hybridized carbons (Fsp3) is 0.692.